The highest BCUT2D eigenvalue weighted by atomic mass is 35.5. The molecule has 2 aromatic rings. The first-order chi connectivity index (χ1) is 10.1. The first-order valence-electron chi connectivity index (χ1n) is 7.30. The van der Waals surface area contributed by atoms with Crippen molar-refractivity contribution in [3.63, 3.8) is 0 Å². The highest BCUT2D eigenvalue weighted by Gasteiger charge is 2.24. The summed E-state index contributed by atoms with van der Waals surface area (Å²) < 4.78 is 20.6. The number of hydrogen-bond acceptors (Lipinski definition) is 3. The quantitative estimate of drug-likeness (QED) is 0.882. The summed E-state index contributed by atoms with van der Waals surface area (Å²) in [6.45, 7) is 2.32. The molecule has 2 N–H and O–H groups in total. The maximum atomic E-state index is 13.6. The Balaban J connectivity index is 0.00000176. The molecule has 0 saturated carbocycles. The number of carbonyl (C=O) groups excluding carboxylic acids is 1. The minimum absolute atomic E-state index is 0. The lowest BCUT2D eigenvalue weighted by Gasteiger charge is -2.20. The largest absolute Gasteiger partial charge is 0.465 e. The molecule has 0 bridgehead atoms. The molecule has 1 heterocycles. The lowest BCUT2D eigenvalue weighted by Crippen LogP contribution is -2.28. The van der Waals surface area contributed by atoms with Crippen LogP contribution in [0.5, 0.6) is 0 Å². The van der Waals surface area contributed by atoms with Gasteiger partial charge in [0.2, 0.25) is 0 Å². The van der Waals surface area contributed by atoms with Crippen LogP contribution in [0, 0.1) is 5.82 Å². The Bertz CT molecular complexity index is 699. The number of ether oxygens (including phenoxy) is 1. The Kier molecular flexibility index (Phi) is 5.08. The van der Waals surface area contributed by atoms with Crippen molar-refractivity contribution in [2.75, 3.05) is 6.61 Å². The summed E-state index contributed by atoms with van der Waals surface area (Å²) in [6.07, 6.45) is 2.42. The van der Waals surface area contributed by atoms with Crippen molar-refractivity contribution < 1.29 is 13.9 Å². The molecule has 0 fully saturated rings. The maximum absolute atomic E-state index is 13.6. The fourth-order valence-electron chi connectivity index (χ4n) is 3.17. The lowest BCUT2D eigenvalue weighted by molar-refractivity contribution is -0.143. The van der Waals surface area contributed by atoms with Gasteiger partial charge in [0.15, 0.2) is 0 Å². The second-order valence-corrected chi connectivity index (χ2v) is 5.48. The maximum Gasteiger partial charge on any atom is 0.325 e. The van der Waals surface area contributed by atoms with E-state index in [9.17, 15) is 9.18 Å². The number of nitrogens with zero attached hydrogens (tertiary/aromatic N) is 1. The standard InChI is InChI=1S/C16H19FN2O2.ClH/c1-2-21-16(20)9-19-14-5-3-10(17)7-12(14)13-8-11(18)4-6-15(13)19;/h3,5,7,11H,2,4,6,8-9,18H2,1H3;1H/t11-;/m0./s1. The third kappa shape index (κ3) is 2.96. The molecule has 1 aliphatic carbocycles. The molecular formula is C16H20ClFN2O2. The predicted octanol–water partition coefficient (Wildman–Crippen LogP) is 2.58. The number of hydrogen-bond donors (Lipinski definition) is 1. The van der Waals surface area contributed by atoms with Gasteiger partial charge >= 0.3 is 5.97 Å². The Morgan fingerprint density at radius 2 is 2.27 bits per heavy atom. The molecule has 1 aromatic heterocycles. The van der Waals surface area contributed by atoms with E-state index in [0.29, 0.717) is 6.61 Å². The molecule has 22 heavy (non-hydrogen) atoms. The number of benzene rings is 1. The van der Waals surface area contributed by atoms with E-state index >= 15 is 0 Å². The van der Waals surface area contributed by atoms with Gasteiger partial charge in [-0.3, -0.25) is 4.79 Å². The molecule has 0 saturated heterocycles. The minimum atomic E-state index is -0.267. The fourth-order valence-corrected chi connectivity index (χ4v) is 3.17. The second kappa shape index (κ2) is 6.67. The van der Waals surface area contributed by atoms with Gasteiger partial charge in [0, 0.05) is 22.6 Å². The average Bonchev–Trinajstić information content (AvgIpc) is 2.72. The smallest absolute Gasteiger partial charge is 0.325 e. The van der Waals surface area contributed by atoms with Crippen molar-refractivity contribution >= 4 is 29.3 Å². The van der Waals surface area contributed by atoms with Crippen molar-refractivity contribution in [3.8, 4) is 0 Å². The molecule has 120 valence electrons. The Morgan fingerprint density at radius 3 is 3.00 bits per heavy atom. The summed E-state index contributed by atoms with van der Waals surface area (Å²) in [5, 5.41) is 0.865. The molecule has 1 aliphatic rings. The van der Waals surface area contributed by atoms with Crippen LogP contribution in [-0.2, 0) is 28.9 Å². The number of nitrogens with two attached hydrogens (primary N) is 1. The van der Waals surface area contributed by atoms with Crippen LogP contribution >= 0.6 is 12.4 Å². The highest BCUT2D eigenvalue weighted by molar-refractivity contribution is 5.87. The van der Waals surface area contributed by atoms with E-state index in [1.807, 2.05) is 4.57 Å². The number of halogens is 2. The van der Waals surface area contributed by atoms with E-state index in [2.05, 4.69) is 0 Å². The zero-order valence-corrected chi connectivity index (χ0v) is 13.3. The van der Waals surface area contributed by atoms with Gasteiger partial charge in [-0.05, 0) is 49.9 Å². The molecular weight excluding hydrogens is 307 g/mol. The summed E-state index contributed by atoms with van der Waals surface area (Å²) in [7, 11) is 0. The molecule has 0 radical (unpaired) electrons. The third-order valence-electron chi connectivity index (χ3n) is 4.06. The van der Waals surface area contributed by atoms with Gasteiger partial charge in [0.05, 0.1) is 6.61 Å². The van der Waals surface area contributed by atoms with Gasteiger partial charge in [0.25, 0.3) is 0 Å². The van der Waals surface area contributed by atoms with Crippen molar-refractivity contribution in [1.29, 1.82) is 0 Å². The Labute approximate surface area is 134 Å². The summed E-state index contributed by atoms with van der Waals surface area (Å²) in [5.41, 5.74) is 9.09. The number of fused-ring (bicyclic) bond motifs is 3. The summed E-state index contributed by atoms with van der Waals surface area (Å²) in [5.74, 6) is -0.533. The monoisotopic (exact) mass is 326 g/mol. The molecule has 1 atom stereocenters. The molecule has 0 amide bonds. The van der Waals surface area contributed by atoms with E-state index in [-0.39, 0.29) is 36.8 Å². The molecule has 3 rings (SSSR count). The van der Waals surface area contributed by atoms with Crippen LogP contribution < -0.4 is 5.73 Å². The van der Waals surface area contributed by atoms with Crippen LogP contribution in [0.3, 0.4) is 0 Å². The van der Waals surface area contributed by atoms with Crippen LogP contribution in [0.4, 0.5) is 4.39 Å². The van der Waals surface area contributed by atoms with Gasteiger partial charge in [-0.25, -0.2) is 4.39 Å². The lowest BCUT2D eigenvalue weighted by atomic mass is 9.92. The van der Waals surface area contributed by atoms with Crippen LogP contribution in [-0.4, -0.2) is 23.2 Å². The number of carbonyl (C=O) groups is 1. The van der Waals surface area contributed by atoms with E-state index in [1.165, 1.54) is 12.1 Å². The van der Waals surface area contributed by atoms with Gasteiger partial charge in [-0.2, -0.15) is 0 Å². The fraction of sp³-hybridized carbons (Fsp3) is 0.438. The zero-order valence-electron chi connectivity index (χ0n) is 12.5. The van der Waals surface area contributed by atoms with Crippen LogP contribution in [0.2, 0.25) is 0 Å². The molecule has 0 aliphatic heterocycles. The van der Waals surface area contributed by atoms with Crippen LogP contribution in [0.1, 0.15) is 24.6 Å². The van der Waals surface area contributed by atoms with Crippen molar-refractivity contribution in [1.82, 2.24) is 4.57 Å². The zero-order chi connectivity index (χ0) is 15.0. The molecule has 6 heteroatoms. The number of esters is 1. The number of rotatable bonds is 3. The topological polar surface area (TPSA) is 57.2 Å². The van der Waals surface area contributed by atoms with Gasteiger partial charge < -0.3 is 15.0 Å². The van der Waals surface area contributed by atoms with E-state index in [4.69, 9.17) is 10.5 Å². The molecule has 1 aromatic carbocycles. The number of aromatic nitrogens is 1. The van der Waals surface area contributed by atoms with Gasteiger partial charge in [-0.1, -0.05) is 0 Å². The Hall–Kier alpha value is -1.59. The van der Waals surface area contributed by atoms with Gasteiger partial charge in [-0.15, -0.1) is 12.4 Å². The third-order valence-corrected chi connectivity index (χ3v) is 4.06. The van der Waals surface area contributed by atoms with Crippen molar-refractivity contribution in [2.24, 2.45) is 5.73 Å². The highest BCUT2D eigenvalue weighted by Crippen LogP contribution is 2.32. The summed E-state index contributed by atoms with van der Waals surface area (Å²) in [4.78, 5) is 11.8. The van der Waals surface area contributed by atoms with Crippen molar-refractivity contribution in [2.45, 2.75) is 38.8 Å². The first-order valence-corrected chi connectivity index (χ1v) is 7.30. The molecule has 0 spiro atoms. The first kappa shape index (κ1) is 16.8. The predicted molar refractivity (Wildman–Crippen MR) is 85.8 cm³/mol. The summed E-state index contributed by atoms with van der Waals surface area (Å²) in [6, 6.07) is 4.79. The van der Waals surface area contributed by atoms with Crippen molar-refractivity contribution in [3.05, 3.63) is 35.3 Å². The minimum Gasteiger partial charge on any atom is -0.465 e. The van der Waals surface area contributed by atoms with E-state index in [0.717, 1.165) is 41.4 Å². The van der Waals surface area contributed by atoms with Crippen LogP contribution in [0.25, 0.3) is 10.9 Å². The molecule has 4 nitrogen and oxygen atoms in total. The van der Waals surface area contributed by atoms with E-state index < -0.39 is 0 Å². The van der Waals surface area contributed by atoms with Crippen LogP contribution in [0.15, 0.2) is 18.2 Å². The summed E-state index contributed by atoms with van der Waals surface area (Å²) >= 11 is 0. The van der Waals surface area contributed by atoms with Gasteiger partial charge in [0.1, 0.15) is 12.4 Å². The van der Waals surface area contributed by atoms with E-state index in [1.54, 1.807) is 13.0 Å². The molecule has 0 unspecified atom stereocenters. The normalized spacial score (nSPS) is 17.0. The SMILES string of the molecule is CCOC(=O)Cn1c2c(c3cc(F)ccc31)C[C@@H](N)CC2.Cl. The Morgan fingerprint density at radius 1 is 1.50 bits per heavy atom. The second-order valence-electron chi connectivity index (χ2n) is 5.48. The average molecular weight is 327 g/mol.